The number of morpholine rings is 1. The molecule has 32 heavy (non-hydrogen) atoms. The van der Waals surface area contributed by atoms with E-state index in [0.29, 0.717) is 13.1 Å². The van der Waals surface area contributed by atoms with Crippen LogP contribution in [0.25, 0.3) is 0 Å². The van der Waals surface area contributed by atoms with Gasteiger partial charge in [0, 0.05) is 37.4 Å². The van der Waals surface area contributed by atoms with E-state index in [1.165, 1.54) is 16.4 Å². The molecule has 2 aromatic rings. The molecular formula is C23H28N4O4S. The first kappa shape index (κ1) is 22.4. The van der Waals surface area contributed by atoms with E-state index in [1.807, 2.05) is 24.3 Å². The average molecular weight is 457 g/mol. The molecule has 0 atom stereocenters. The van der Waals surface area contributed by atoms with E-state index in [4.69, 9.17) is 4.74 Å². The number of sulfonamides is 1. The van der Waals surface area contributed by atoms with Crippen LogP contribution in [0.3, 0.4) is 0 Å². The van der Waals surface area contributed by atoms with Gasteiger partial charge in [0.05, 0.1) is 24.3 Å². The average Bonchev–Trinajstić information content (AvgIpc) is 2.85. The lowest BCUT2D eigenvalue weighted by molar-refractivity contribution is 0.0955. The summed E-state index contributed by atoms with van der Waals surface area (Å²) in [6.07, 6.45) is 4.33. The Morgan fingerprint density at radius 3 is 2.41 bits per heavy atom. The Balaban J connectivity index is 1.37. The number of hydrogen-bond acceptors (Lipinski definition) is 6. The highest BCUT2D eigenvalue weighted by Crippen LogP contribution is 2.21. The summed E-state index contributed by atoms with van der Waals surface area (Å²) in [4.78, 5) is 14.9. The highest BCUT2D eigenvalue weighted by atomic mass is 32.2. The number of rotatable bonds is 6. The number of carbonyl (C=O) groups is 1. The zero-order valence-corrected chi connectivity index (χ0v) is 18.8. The molecular weight excluding hydrogens is 428 g/mol. The van der Waals surface area contributed by atoms with E-state index < -0.39 is 15.9 Å². The van der Waals surface area contributed by atoms with E-state index in [2.05, 4.69) is 15.4 Å². The number of amides is 1. The van der Waals surface area contributed by atoms with E-state index in [-0.39, 0.29) is 10.5 Å². The Bertz CT molecular complexity index is 1060. The number of nitrogens with one attached hydrogen (secondary N) is 1. The molecule has 2 saturated heterocycles. The maximum atomic E-state index is 12.9. The van der Waals surface area contributed by atoms with Crippen LogP contribution < -0.4 is 10.3 Å². The predicted molar refractivity (Wildman–Crippen MR) is 124 cm³/mol. The molecule has 0 unspecified atom stereocenters. The molecule has 170 valence electrons. The number of carbonyl (C=O) groups excluding carboxylic acids is 1. The summed E-state index contributed by atoms with van der Waals surface area (Å²) in [6, 6.07) is 14.0. The molecule has 1 amide bonds. The van der Waals surface area contributed by atoms with Crippen molar-refractivity contribution >= 4 is 27.8 Å². The van der Waals surface area contributed by atoms with Crippen molar-refractivity contribution in [3.63, 3.8) is 0 Å². The number of ether oxygens (including phenoxy) is 1. The maximum absolute atomic E-state index is 12.9. The van der Waals surface area contributed by atoms with Crippen molar-refractivity contribution in [2.24, 2.45) is 5.10 Å². The van der Waals surface area contributed by atoms with Crippen molar-refractivity contribution in [2.75, 3.05) is 44.3 Å². The molecule has 0 bridgehead atoms. The zero-order valence-electron chi connectivity index (χ0n) is 17.9. The minimum Gasteiger partial charge on any atom is -0.378 e. The van der Waals surface area contributed by atoms with Gasteiger partial charge in [-0.05, 0) is 48.7 Å². The van der Waals surface area contributed by atoms with Gasteiger partial charge in [0.1, 0.15) is 0 Å². The van der Waals surface area contributed by atoms with Crippen LogP contribution in [0.1, 0.15) is 35.2 Å². The molecule has 2 heterocycles. The molecule has 2 aliphatic heterocycles. The SMILES string of the molecule is O=C(NN=Cc1ccc(N2CCOCC2)cc1)c1cccc(S(=O)(=O)N2CCCCC2)c1. The molecule has 0 radical (unpaired) electrons. The Kier molecular flexibility index (Phi) is 7.19. The summed E-state index contributed by atoms with van der Waals surface area (Å²) >= 11 is 0. The number of piperidine rings is 1. The first-order valence-corrected chi connectivity index (χ1v) is 12.3. The summed E-state index contributed by atoms with van der Waals surface area (Å²) in [5.74, 6) is -0.457. The highest BCUT2D eigenvalue weighted by Gasteiger charge is 2.26. The monoisotopic (exact) mass is 456 g/mol. The number of nitrogens with zero attached hydrogens (tertiary/aromatic N) is 3. The van der Waals surface area contributed by atoms with Crippen LogP contribution >= 0.6 is 0 Å². The van der Waals surface area contributed by atoms with Gasteiger partial charge in [-0.15, -0.1) is 0 Å². The van der Waals surface area contributed by atoms with Gasteiger partial charge < -0.3 is 9.64 Å². The summed E-state index contributed by atoms with van der Waals surface area (Å²) in [6.45, 7) is 4.25. The van der Waals surface area contributed by atoms with Gasteiger partial charge in [-0.1, -0.05) is 24.6 Å². The van der Waals surface area contributed by atoms with E-state index in [9.17, 15) is 13.2 Å². The lowest BCUT2D eigenvalue weighted by Gasteiger charge is -2.28. The van der Waals surface area contributed by atoms with Crippen molar-refractivity contribution in [2.45, 2.75) is 24.2 Å². The van der Waals surface area contributed by atoms with Crippen molar-refractivity contribution in [3.8, 4) is 0 Å². The molecule has 2 aliphatic rings. The Labute approximate surface area is 188 Å². The molecule has 8 nitrogen and oxygen atoms in total. The second-order valence-corrected chi connectivity index (χ2v) is 9.82. The highest BCUT2D eigenvalue weighted by molar-refractivity contribution is 7.89. The molecule has 0 spiro atoms. The Morgan fingerprint density at radius 2 is 1.69 bits per heavy atom. The van der Waals surface area contributed by atoms with Crippen molar-refractivity contribution in [1.82, 2.24) is 9.73 Å². The summed E-state index contributed by atoms with van der Waals surface area (Å²) in [7, 11) is -3.59. The molecule has 4 rings (SSSR count). The van der Waals surface area contributed by atoms with E-state index in [1.54, 1.807) is 18.3 Å². The quantitative estimate of drug-likeness (QED) is 0.533. The minimum atomic E-state index is -3.59. The van der Waals surface area contributed by atoms with E-state index >= 15 is 0 Å². The summed E-state index contributed by atoms with van der Waals surface area (Å²) < 4.78 is 32.6. The third-order valence-corrected chi connectivity index (χ3v) is 7.59. The first-order valence-electron chi connectivity index (χ1n) is 10.9. The second kappa shape index (κ2) is 10.2. The van der Waals surface area contributed by atoms with Crippen LogP contribution in [0.2, 0.25) is 0 Å². The van der Waals surface area contributed by atoms with Crippen LogP contribution in [0.15, 0.2) is 58.5 Å². The van der Waals surface area contributed by atoms with Gasteiger partial charge in [0.25, 0.3) is 5.91 Å². The molecule has 2 fully saturated rings. The normalized spacial score (nSPS) is 18.1. The molecule has 0 aliphatic carbocycles. The Hall–Kier alpha value is -2.75. The fraction of sp³-hybridized carbons (Fsp3) is 0.391. The molecule has 0 saturated carbocycles. The number of anilines is 1. The van der Waals surface area contributed by atoms with Gasteiger partial charge >= 0.3 is 0 Å². The number of hydrazone groups is 1. The van der Waals surface area contributed by atoms with Crippen LogP contribution in [0.5, 0.6) is 0 Å². The fourth-order valence-corrected chi connectivity index (χ4v) is 5.44. The van der Waals surface area contributed by atoms with Gasteiger partial charge in [0.2, 0.25) is 10.0 Å². The lowest BCUT2D eigenvalue weighted by Crippen LogP contribution is -2.36. The standard InChI is InChI=1S/C23H28N4O4S/c28-23(20-5-4-6-22(17-20)32(29,30)27-11-2-1-3-12-27)25-24-18-19-7-9-21(10-8-19)26-13-15-31-16-14-26/h4-10,17-18H,1-3,11-16H2,(H,25,28). The van der Waals surface area contributed by atoms with Crippen LogP contribution in [-0.2, 0) is 14.8 Å². The molecule has 9 heteroatoms. The van der Waals surface area contributed by atoms with Gasteiger partial charge in [0.15, 0.2) is 0 Å². The molecule has 2 aromatic carbocycles. The minimum absolute atomic E-state index is 0.134. The Morgan fingerprint density at radius 1 is 0.969 bits per heavy atom. The third kappa shape index (κ3) is 5.35. The van der Waals surface area contributed by atoms with Gasteiger partial charge in [-0.25, -0.2) is 13.8 Å². The molecule has 1 N–H and O–H groups in total. The largest absolute Gasteiger partial charge is 0.378 e. The van der Waals surface area contributed by atoms with E-state index in [0.717, 1.165) is 56.8 Å². The topological polar surface area (TPSA) is 91.3 Å². The van der Waals surface area contributed by atoms with Crippen LogP contribution in [0, 0.1) is 0 Å². The van der Waals surface area contributed by atoms with Gasteiger partial charge in [-0.3, -0.25) is 4.79 Å². The van der Waals surface area contributed by atoms with Crippen molar-refractivity contribution in [3.05, 3.63) is 59.7 Å². The zero-order chi connectivity index (χ0) is 22.4. The first-order chi connectivity index (χ1) is 15.5. The van der Waals surface area contributed by atoms with Gasteiger partial charge in [-0.2, -0.15) is 9.41 Å². The smallest absolute Gasteiger partial charge is 0.271 e. The van der Waals surface area contributed by atoms with Crippen LogP contribution in [-0.4, -0.2) is 64.2 Å². The number of benzene rings is 2. The fourth-order valence-electron chi connectivity index (χ4n) is 3.87. The van der Waals surface area contributed by atoms with Crippen molar-refractivity contribution in [1.29, 1.82) is 0 Å². The summed E-state index contributed by atoms with van der Waals surface area (Å²) in [5, 5.41) is 4.02. The van der Waals surface area contributed by atoms with Crippen molar-refractivity contribution < 1.29 is 17.9 Å². The summed E-state index contributed by atoms with van der Waals surface area (Å²) in [5.41, 5.74) is 4.71. The molecule has 0 aromatic heterocycles. The second-order valence-electron chi connectivity index (χ2n) is 7.88. The maximum Gasteiger partial charge on any atom is 0.271 e. The lowest BCUT2D eigenvalue weighted by atomic mass is 10.2. The predicted octanol–water partition coefficient (Wildman–Crippen LogP) is 2.46. The third-order valence-electron chi connectivity index (χ3n) is 5.70. The number of hydrogen-bond donors (Lipinski definition) is 1. The van der Waals surface area contributed by atoms with Crippen LogP contribution in [0.4, 0.5) is 5.69 Å².